The minimum atomic E-state index is -0.558. The fraction of sp³-hybridized carbons (Fsp3) is 0.417. The first-order chi connectivity index (χ1) is 14.4. The lowest BCUT2D eigenvalue weighted by Crippen LogP contribution is -2.47. The maximum atomic E-state index is 12.9. The molecular weight excluding hydrogens is 380 g/mol. The highest BCUT2D eigenvalue weighted by molar-refractivity contribution is 5.87. The van der Waals surface area contributed by atoms with Gasteiger partial charge >= 0.3 is 0 Å². The third-order valence-electron chi connectivity index (χ3n) is 4.85. The molecule has 0 saturated carbocycles. The molecule has 0 spiro atoms. The molecule has 6 heteroatoms. The lowest BCUT2D eigenvalue weighted by Gasteiger charge is -2.29. The minimum absolute atomic E-state index is 0.0722. The number of amides is 2. The molecule has 0 bridgehead atoms. The van der Waals surface area contributed by atoms with Gasteiger partial charge in [0.1, 0.15) is 17.5 Å². The van der Waals surface area contributed by atoms with Crippen LogP contribution in [0.5, 0.6) is 11.5 Å². The number of carbonyl (C=O) groups excluding carboxylic acids is 2. The molecule has 1 atom stereocenters. The van der Waals surface area contributed by atoms with Crippen LogP contribution in [0.15, 0.2) is 48.5 Å². The van der Waals surface area contributed by atoms with Crippen LogP contribution < -0.4 is 14.8 Å². The van der Waals surface area contributed by atoms with Crippen LogP contribution in [0.3, 0.4) is 0 Å². The predicted molar refractivity (Wildman–Crippen MR) is 118 cm³/mol. The Hall–Kier alpha value is -3.02. The van der Waals surface area contributed by atoms with Gasteiger partial charge in [0.15, 0.2) is 0 Å². The standard InChI is InChI=1S/C24H32N2O4/c1-5-25-24(28)19(3)26(17-20-10-14-21(29-4)15-11-20)23(27)7-6-16-30-22-12-8-18(2)9-13-22/h8-15,19H,5-7,16-17H2,1-4H3,(H,25,28)/t19-/m1/s1. The van der Waals surface area contributed by atoms with Gasteiger partial charge in [-0.1, -0.05) is 29.8 Å². The number of nitrogens with one attached hydrogen (secondary N) is 1. The molecule has 2 rings (SSSR count). The zero-order valence-electron chi connectivity index (χ0n) is 18.3. The lowest BCUT2D eigenvalue weighted by atomic mass is 10.1. The SMILES string of the molecule is CCNC(=O)[C@@H](C)N(Cc1ccc(OC)cc1)C(=O)CCCOc1ccc(C)cc1. The second kappa shape index (κ2) is 11.9. The highest BCUT2D eigenvalue weighted by atomic mass is 16.5. The Bertz CT molecular complexity index is 803. The number of rotatable bonds is 11. The van der Waals surface area contributed by atoms with E-state index in [0.717, 1.165) is 17.1 Å². The Labute approximate surface area is 179 Å². The van der Waals surface area contributed by atoms with Crippen molar-refractivity contribution in [3.63, 3.8) is 0 Å². The summed E-state index contributed by atoms with van der Waals surface area (Å²) in [6.45, 7) is 6.98. The molecule has 2 amide bonds. The number of methoxy groups -OCH3 is 1. The largest absolute Gasteiger partial charge is 0.497 e. The number of hydrogen-bond donors (Lipinski definition) is 1. The predicted octanol–water partition coefficient (Wildman–Crippen LogP) is 3.72. The van der Waals surface area contributed by atoms with Crippen molar-refractivity contribution >= 4 is 11.8 Å². The van der Waals surface area contributed by atoms with E-state index >= 15 is 0 Å². The van der Waals surface area contributed by atoms with Crippen LogP contribution in [-0.2, 0) is 16.1 Å². The van der Waals surface area contributed by atoms with Crippen LogP contribution >= 0.6 is 0 Å². The summed E-state index contributed by atoms with van der Waals surface area (Å²) in [7, 11) is 1.61. The molecule has 0 aromatic heterocycles. The Morgan fingerprint density at radius 2 is 1.67 bits per heavy atom. The zero-order chi connectivity index (χ0) is 21.9. The van der Waals surface area contributed by atoms with E-state index in [1.54, 1.807) is 18.9 Å². The van der Waals surface area contributed by atoms with Gasteiger partial charge < -0.3 is 19.7 Å². The molecule has 0 unspecified atom stereocenters. The molecule has 30 heavy (non-hydrogen) atoms. The maximum Gasteiger partial charge on any atom is 0.242 e. The Morgan fingerprint density at radius 1 is 1.03 bits per heavy atom. The first-order valence-electron chi connectivity index (χ1n) is 10.3. The second-order valence-corrected chi connectivity index (χ2v) is 7.21. The normalized spacial score (nSPS) is 11.5. The molecule has 0 aliphatic heterocycles. The Balaban J connectivity index is 1.97. The van der Waals surface area contributed by atoms with E-state index in [0.29, 0.717) is 32.5 Å². The fourth-order valence-electron chi connectivity index (χ4n) is 3.02. The number of nitrogens with zero attached hydrogens (tertiary/aromatic N) is 1. The van der Waals surface area contributed by atoms with E-state index < -0.39 is 6.04 Å². The summed E-state index contributed by atoms with van der Waals surface area (Å²) in [5.41, 5.74) is 2.11. The van der Waals surface area contributed by atoms with Crippen molar-refractivity contribution < 1.29 is 19.1 Å². The number of benzene rings is 2. The summed E-state index contributed by atoms with van der Waals surface area (Å²) < 4.78 is 10.9. The van der Waals surface area contributed by atoms with Crippen molar-refractivity contribution in [2.75, 3.05) is 20.3 Å². The fourth-order valence-corrected chi connectivity index (χ4v) is 3.02. The van der Waals surface area contributed by atoms with E-state index in [9.17, 15) is 9.59 Å². The van der Waals surface area contributed by atoms with Gasteiger partial charge in [0.2, 0.25) is 11.8 Å². The number of likely N-dealkylation sites (N-methyl/N-ethyl adjacent to an activating group) is 1. The molecule has 2 aromatic rings. The van der Waals surface area contributed by atoms with Crippen LogP contribution in [-0.4, -0.2) is 43.0 Å². The molecule has 0 heterocycles. The van der Waals surface area contributed by atoms with Gasteiger partial charge in [0.25, 0.3) is 0 Å². The van der Waals surface area contributed by atoms with Crippen molar-refractivity contribution in [3.8, 4) is 11.5 Å². The van der Waals surface area contributed by atoms with E-state index in [1.165, 1.54) is 5.56 Å². The van der Waals surface area contributed by atoms with Crippen molar-refractivity contribution in [2.24, 2.45) is 0 Å². The van der Waals surface area contributed by atoms with Gasteiger partial charge in [0, 0.05) is 19.5 Å². The second-order valence-electron chi connectivity index (χ2n) is 7.21. The molecule has 162 valence electrons. The van der Waals surface area contributed by atoms with Crippen LogP contribution in [0.2, 0.25) is 0 Å². The Kier molecular flexibility index (Phi) is 9.19. The molecule has 1 N–H and O–H groups in total. The Morgan fingerprint density at radius 3 is 2.27 bits per heavy atom. The molecule has 0 aliphatic carbocycles. The minimum Gasteiger partial charge on any atom is -0.497 e. The van der Waals surface area contributed by atoms with Crippen molar-refractivity contribution in [1.29, 1.82) is 0 Å². The smallest absolute Gasteiger partial charge is 0.242 e. The maximum absolute atomic E-state index is 12.9. The van der Waals surface area contributed by atoms with Crippen LogP contribution in [0.1, 0.15) is 37.8 Å². The number of hydrogen-bond acceptors (Lipinski definition) is 4. The molecule has 6 nitrogen and oxygen atoms in total. The molecule has 0 fully saturated rings. The van der Waals surface area contributed by atoms with Crippen molar-refractivity contribution in [2.45, 2.75) is 46.2 Å². The first kappa shape index (κ1) is 23.3. The van der Waals surface area contributed by atoms with Crippen molar-refractivity contribution in [3.05, 3.63) is 59.7 Å². The van der Waals surface area contributed by atoms with Gasteiger partial charge in [-0.05, 0) is 57.0 Å². The monoisotopic (exact) mass is 412 g/mol. The van der Waals surface area contributed by atoms with Crippen molar-refractivity contribution in [1.82, 2.24) is 10.2 Å². The van der Waals surface area contributed by atoms with Gasteiger partial charge in [0.05, 0.1) is 13.7 Å². The van der Waals surface area contributed by atoms with Gasteiger partial charge in [-0.3, -0.25) is 9.59 Å². The van der Waals surface area contributed by atoms with Gasteiger partial charge in [-0.25, -0.2) is 0 Å². The molecule has 0 radical (unpaired) electrons. The molecule has 0 saturated heterocycles. The topological polar surface area (TPSA) is 67.9 Å². The van der Waals surface area contributed by atoms with E-state index in [1.807, 2.05) is 62.4 Å². The van der Waals surface area contributed by atoms with Crippen LogP contribution in [0.25, 0.3) is 0 Å². The summed E-state index contributed by atoms with van der Waals surface area (Å²) in [5, 5.41) is 2.80. The number of aryl methyl sites for hydroxylation is 1. The lowest BCUT2D eigenvalue weighted by molar-refractivity contribution is -0.140. The average Bonchev–Trinajstić information content (AvgIpc) is 2.76. The quantitative estimate of drug-likeness (QED) is 0.571. The summed E-state index contributed by atoms with van der Waals surface area (Å²) in [4.78, 5) is 26.9. The van der Waals surface area contributed by atoms with E-state index in [-0.39, 0.29) is 11.8 Å². The summed E-state index contributed by atoms with van der Waals surface area (Å²) in [5.74, 6) is 1.31. The van der Waals surface area contributed by atoms with Gasteiger partial charge in [-0.15, -0.1) is 0 Å². The van der Waals surface area contributed by atoms with Crippen LogP contribution in [0, 0.1) is 6.92 Å². The van der Waals surface area contributed by atoms with Crippen LogP contribution in [0.4, 0.5) is 0 Å². The summed E-state index contributed by atoms with van der Waals surface area (Å²) in [6.07, 6.45) is 0.889. The summed E-state index contributed by atoms with van der Waals surface area (Å²) >= 11 is 0. The van der Waals surface area contributed by atoms with Gasteiger partial charge in [-0.2, -0.15) is 0 Å². The number of ether oxygens (including phenoxy) is 2. The van der Waals surface area contributed by atoms with E-state index in [2.05, 4.69) is 5.32 Å². The zero-order valence-corrected chi connectivity index (χ0v) is 18.3. The highest BCUT2D eigenvalue weighted by Crippen LogP contribution is 2.16. The molecule has 2 aromatic carbocycles. The first-order valence-corrected chi connectivity index (χ1v) is 10.3. The summed E-state index contributed by atoms with van der Waals surface area (Å²) in [6, 6.07) is 14.8. The molecular formula is C24H32N2O4. The number of carbonyl (C=O) groups is 2. The average molecular weight is 413 g/mol. The molecule has 0 aliphatic rings. The van der Waals surface area contributed by atoms with E-state index in [4.69, 9.17) is 9.47 Å². The highest BCUT2D eigenvalue weighted by Gasteiger charge is 2.25. The third-order valence-corrected chi connectivity index (χ3v) is 4.85. The third kappa shape index (κ3) is 7.10.